The Labute approximate surface area is 153 Å². The molecule has 1 rings (SSSR count). The van der Waals surface area contributed by atoms with Gasteiger partial charge in [0.1, 0.15) is 0 Å². The monoisotopic (exact) mass is 351 g/mol. The van der Waals surface area contributed by atoms with Crippen molar-refractivity contribution in [1.29, 1.82) is 0 Å². The Bertz CT molecular complexity index is 493. The van der Waals surface area contributed by atoms with Crippen molar-refractivity contribution in [2.24, 2.45) is 11.7 Å². The van der Waals surface area contributed by atoms with Gasteiger partial charge in [0, 0.05) is 6.04 Å². The van der Waals surface area contributed by atoms with E-state index < -0.39 is 17.6 Å². The molecule has 1 amide bonds. The number of Topliss-reactive ketones (excluding diaryl/α,β-unsaturated/α-hetero) is 1. The van der Waals surface area contributed by atoms with Crippen LogP contribution in [0.2, 0.25) is 0 Å². The van der Waals surface area contributed by atoms with Crippen molar-refractivity contribution in [3.8, 4) is 0 Å². The summed E-state index contributed by atoms with van der Waals surface area (Å²) in [4.78, 5) is 25.5. The second-order valence-corrected chi connectivity index (χ2v) is 7.91. The molecule has 0 spiro atoms. The average molecular weight is 352 g/mol. The zero-order valence-corrected chi connectivity index (χ0v) is 16.8. The molecular weight excluding hydrogens is 314 g/mol. The quantitative estimate of drug-likeness (QED) is 0.587. The van der Waals surface area contributed by atoms with Crippen molar-refractivity contribution in [3.63, 3.8) is 0 Å². The van der Waals surface area contributed by atoms with Crippen LogP contribution in [0.25, 0.3) is 0 Å². The van der Waals surface area contributed by atoms with Crippen molar-refractivity contribution < 1.29 is 9.59 Å². The Kier molecular flexibility index (Phi) is 8.29. The van der Waals surface area contributed by atoms with Crippen molar-refractivity contribution >= 4 is 11.7 Å². The Morgan fingerprint density at radius 1 is 1.04 bits per heavy atom. The molecule has 0 radical (unpaired) electrons. The van der Waals surface area contributed by atoms with E-state index >= 15 is 0 Å². The van der Waals surface area contributed by atoms with Crippen LogP contribution in [0.4, 0.5) is 0 Å². The number of rotatable bonds is 8. The van der Waals surface area contributed by atoms with Gasteiger partial charge in [-0.15, -0.1) is 0 Å². The summed E-state index contributed by atoms with van der Waals surface area (Å²) < 4.78 is 0. The van der Waals surface area contributed by atoms with Gasteiger partial charge in [-0.1, -0.05) is 44.8 Å². The molecular formula is C20H37N3O2. The third kappa shape index (κ3) is 5.65. The summed E-state index contributed by atoms with van der Waals surface area (Å²) in [6, 6.07) is -0.997. The highest BCUT2D eigenvalue weighted by atomic mass is 16.2. The molecule has 5 heteroatoms. The zero-order valence-electron chi connectivity index (χ0n) is 16.8. The molecule has 0 saturated heterocycles. The lowest BCUT2D eigenvalue weighted by atomic mass is 9.75. The highest BCUT2D eigenvalue weighted by molar-refractivity contribution is 5.96. The van der Waals surface area contributed by atoms with Gasteiger partial charge in [-0.05, 0) is 46.5 Å². The van der Waals surface area contributed by atoms with Gasteiger partial charge in [-0.3, -0.25) is 14.9 Å². The van der Waals surface area contributed by atoms with Crippen molar-refractivity contribution in [2.45, 2.75) is 97.3 Å². The van der Waals surface area contributed by atoms with Gasteiger partial charge in [0.25, 0.3) is 0 Å². The third-order valence-electron chi connectivity index (χ3n) is 5.58. The topological polar surface area (TPSA) is 84.2 Å². The second kappa shape index (κ2) is 9.48. The molecule has 0 bridgehead atoms. The van der Waals surface area contributed by atoms with E-state index in [2.05, 4.69) is 30.6 Å². The fraction of sp³-hybridized carbons (Fsp3) is 0.800. The van der Waals surface area contributed by atoms with Crippen LogP contribution >= 0.6 is 0 Å². The number of carbonyl (C=O) groups excluding carboxylic acids is 2. The summed E-state index contributed by atoms with van der Waals surface area (Å²) in [7, 11) is 0. The first-order valence-corrected chi connectivity index (χ1v) is 9.65. The number of amides is 1. The van der Waals surface area contributed by atoms with Crippen LogP contribution < -0.4 is 16.4 Å². The van der Waals surface area contributed by atoms with E-state index in [4.69, 9.17) is 5.73 Å². The molecule has 3 atom stereocenters. The number of allylic oxidation sites excluding steroid dienone is 1. The van der Waals surface area contributed by atoms with Crippen LogP contribution in [-0.2, 0) is 9.59 Å². The predicted octanol–water partition coefficient (Wildman–Crippen LogP) is 2.69. The van der Waals surface area contributed by atoms with Crippen LogP contribution in [0, 0.1) is 5.92 Å². The van der Waals surface area contributed by atoms with Crippen molar-refractivity contribution in [1.82, 2.24) is 10.6 Å². The van der Waals surface area contributed by atoms with E-state index in [1.165, 1.54) is 5.57 Å². The van der Waals surface area contributed by atoms with Gasteiger partial charge in [0.2, 0.25) is 5.91 Å². The first-order valence-electron chi connectivity index (χ1n) is 9.65. The summed E-state index contributed by atoms with van der Waals surface area (Å²) in [6.45, 7) is 11.8. The van der Waals surface area contributed by atoms with Gasteiger partial charge in [-0.25, -0.2) is 0 Å². The first-order chi connectivity index (χ1) is 11.6. The van der Waals surface area contributed by atoms with Crippen molar-refractivity contribution in [2.75, 3.05) is 0 Å². The normalized spacial score (nSPS) is 21.5. The molecule has 5 nitrogen and oxygen atoms in total. The standard InChI is InChI=1S/C20H37N3O2/c1-7-14(4)15(5)23-20(11-9-8-10-12-20)18(24)16(6)22-19(25)17(21)13(2)3/h7,13,15-17,23H,8-12,21H2,1-6H3,(H,22,25)/b14-7-/t15-,16-,17-/m0/s1. The summed E-state index contributed by atoms with van der Waals surface area (Å²) in [6.07, 6.45) is 6.95. The molecule has 0 unspecified atom stereocenters. The lowest BCUT2D eigenvalue weighted by Crippen LogP contribution is -2.62. The molecule has 0 heterocycles. The van der Waals surface area contributed by atoms with Gasteiger partial charge in [0.05, 0.1) is 17.6 Å². The smallest absolute Gasteiger partial charge is 0.237 e. The third-order valence-corrected chi connectivity index (χ3v) is 5.58. The highest BCUT2D eigenvalue weighted by Gasteiger charge is 2.42. The molecule has 1 aliphatic carbocycles. The first kappa shape index (κ1) is 21.8. The Balaban J connectivity index is 2.91. The Morgan fingerprint density at radius 2 is 1.60 bits per heavy atom. The predicted molar refractivity (Wildman–Crippen MR) is 103 cm³/mol. The molecule has 0 aromatic carbocycles. The van der Waals surface area contributed by atoms with E-state index in [0.717, 1.165) is 32.1 Å². The van der Waals surface area contributed by atoms with E-state index in [1.807, 2.05) is 20.8 Å². The second-order valence-electron chi connectivity index (χ2n) is 7.91. The van der Waals surface area contributed by atoms with E-state index in [0.29, 0.717) is 0 Å². The largest absolute Gasteiger partial charge is 0.345 e. The van der Waals surface area contributed by atoms with Gasteiger partial charge in [0.15, 0.2) is 5.78 Å². The number of nitrogens with one attached hydrogen (secondary N) is 2. The number of ketones is 1. The molecule has 144 valence electrons. The fourth-order valence-electron chi connectivity index (χ4n) is 3.49. The van der Waals surface area contributed by atoms with Crippen molar-refractivity contribution in [3.05, 3.63) is 11.6 Å². The van der Waals surface area contributed by atoms with Crippen LogP contribution in [-0.4, -0.2) is 35.4 Å². The summed E-state index contributed by atoms with van der Waals surface area (Å²) >= 11 is 0. The molecule has 0 aromatic rings. The fourth-order valence-corrected chi connectivity index (χ4v) is 3.49. The summed E-state index contributed by atoms with van der Waals surface area (Å²) in [5.41, 5.74) is 6.57. The number of carbonyl (C=O) groups is 2. The lowest BCUT2D eigenvalue weighted by Gasteiger charge is -2.41. The number of hydrogen-bond acceptors (Lipinski definition) is 4. The minimum atomic E-state index is -0.588. The maximum atomic E-state index is 13.3. The minimum Gasteiger partial charge on any atom is -0.345 e. The van der Waals surface area contributed by atoms with Crippen LogP contribution in [0.15, 0.2) is 11.6 Å². The average Bonchev–Trinajstić information content (AvgIpc) is 2.59. The molecule has 1 saturated carbocycles. The molecule has 1 aliphatic rings. The van der Waals surface area contributed by atoms with Crippen LogP contribution in [0.3, 0.4) is 0 Å². The number of hydrogen-bond donors (Lipinski definition) is 3. The maximum Gasteiger partial charge on any atom is 0.237 e. The zero-order chi connectivity index (χ0) is 19.2. The molecule has 0 aliphatic heterocycles. The lowest BCUT2D eigenvalue weighted by molar-refractivity contribution is -0.133. The summed E-state index contributed by atoms with van der Waals surface area (Å²) in [5.74, 6) is -0.131. The molecule has 1 fully saturated rings. The summed E-state index contributed by atoms with van der Waals surface area (Å²) in [5, 5.41) is 6.42. The van der Waals surface area contributed by atoms with Crippen LogP contribution in [0.5, 0.6) is 0 Å². The Morgan fingerprint density at radius 3 is 2.08 bits per heavy atom. The SMILES string of the molecule is C/C=C(/C)[C@H](C)NC1(C(=O)[C@H](C)NC(=O)[C@@H](N)C(C)C)CCCCC1. The molecule has 4 N–H and O–H groups in total. The van der Waals surface area contributed by atoms with Gasteiger partial charge >= 0.3 is 0 Å². The highest BCUT2D eigenvalue weighted by Crippen LogP contribution is 2.31. The van der Waals surface area contributed by atoms with E-state index in [-0.39, 0.29) is 23.7 Å². The van der Waals surface area contributed by atoms with Crippen LogP contribution in [0.1, 0.15) is 73.6 Å². The minimum absolute atomic E-state index is 0.0430. The maximum absolute atomic E-state index is 13.3. The van der Waals surface area contributed by atoms with E-state index in [1.54, 1.807) is 6.92 Å². The Hall–Kier alpha value is -1.20. The molecule has 0 aromatic heterocycles. The number of nitrogens with two attached hydrogens (primary N) is 1. The van der Waals surface area contributed by atoms with Gasteiger partial charge in [-0.2, -0.15) is 0 Å². The van der Waals surface area contributed by atoms with Gasteiger partial charge < -0.3 is 11.1 Å². The molecule has 25 heavy (non-hydrogen) atoms. The van der Waals surface area contributed by atoms with E-state index in [9.17, 15) is 9.59 Å².